The summed E-state index contributed by atoms with van der Waals surface area (Å²) in [7, 11) is 0. The SMILES string of the molecule is O=C(C=Cc1ccc(F)cc1)N1CC2CNCC2C1. The van der Waals surface area contributed by atoms with Crippen LogP contribution in [0.25, 0.3) is 6.08 Å². The fraction of sp³-hybridized carbons (Fsp3) is 0.400. The van der Waals surface area contributed by atoms with Crippen LogP contribution >= 0.6 is 0 Å². The second-order valence-electron chi connectivity index (χ2n) is 5.31. The zero-order valence-electron chi connectivity index (χ0n) is 10.7. The third-order valence-corrected chi connectivity index (χ3v) is 3.99. The van der Waals surface area contributed by atoms with Gasteiger partial charge in [-0.3, -0.25) is 4.79 Å². The van der Waals surface area contributed by atoms with Gasteiger partial charge in [-0.1, -0.05) is 12.1 Å². The normalized spacial score (nSPS) is 26.1. The Morgan fingerprint density at radius 2 is 1.84 bits per heavy atom. The molecule has 3 rings (SSSR count). The van der Waals surface area contributed by atoms with E-state index in [1.165, 1.54) is 12.1 Å². The van der Waals surface area contributed by atoms with Crippen LogP contribution in [0.2, 0.25) is 0 Å². The van der Waals surface area contributed by atoms with Crippen LogP contribution in [-0.2, 0) is 4.79 Å². The number of rotatable bonds is 2. The highest BCUT2D eigenvalue weighted by atomic mass is 19.1. The number of amides is 1. The quantitative estimate of drug-likeness (QED) is 0.818. The molecule has 0 aromatic heterocycles. The number of fused-ring (bicyclic) bond motifs is 1. The number of hydrogen-bond donors (Lipinski definition) is 1. The molecule has 19 heavy (non-hydrogen) atoms. The molecule has 2 atom stereocenters. The third-order valence-electron chi connectivity index (χ3n) is 3.99. The van der Waals surface area contributed by atoms with Crippen molar-refractivity contribution in [3.05, 3.63) is 41.7 Å². The first-order chi connectivity index (χ1) is 9.22. The van der Waals surface area contributed by atoms with Gasteiger partial charge in [0.1, 0.15) is 5.82 Å². The van der Waals surface area contributed by atoms with Gasteiger partial charge in [-0.15, -0.1) is 0 Å². The summed E-state index contributed by atoms with van der Waals surface area (Å²) in [6.45, 7) is 3.75. The van der Waals surface area contributed by atoms with Crippen molar-refractivity contribution in [1.29, 1.82) is 0 Å². The molecule has 2 aliphatic heterocycles. The maximum absolute atomic E-state index is 12.8. The first kappa shape index (κ1) is 12.4. The summed E-state index contributed by atoms with van der Waals surface area (Å²) in [6, 6.07) is 6.13. The van der Waals surface area contributed by atoms with Crippen LogP contribution in [-0.4, -0.2) is 37.0 Å². The number of nitrogens with zero attached hydrogens (tertiary/aromatic N) is 1. The predicted octanol–water partition coefficient (Wildman–Crippen LogP) is 1.52. The molecule has 0 spiro atoms. The summed E-state index contributed by atoms with van der Waals surface area (Å²) in [5.74, 6) is 1.02. The van der Waals surface area contributed by atoms with Crippen molar-refractivity contribution in [2.75, 3.05) is 26.2 Å². The largest absolute Gasteiger partial charge is 0.338 e. The minimum Gasteiger partial charge on any atom is -0.338 e. The Bertz CT molecular complexity index is 485. The van der Waals surface area contributed by atoms with E-state index in [4.69, 9.17) is 0 Å². The van der Waals surface area contributed by atoms with Gasteiger partial charge in [-0.25, -0.2) is 4.39 Å². The third kappa shape index (κ3) is 2.68. The highest BCUT2D eigenvalue weighted by molar-refractivity contribution is 5.92. The maximum Gasteiger partial charge on any atom is 0.246 e. The first-order valence-electron chi connectivity index (χ1n) is 6.65. The van der Waals surface area contributed by atoms with Crippen LogP contribution in [0.15, 0.2) is 30.3 Å². The van der Waals surface area contributed by atoms with E-state index in [0.29, 0.717) is 11.8 Å². The van der Waals surface area contributed by atoms with Gasteiger partial charge in [0.15, 0.2) is 0 Å². The van der Waals surface area contributed by atoms with Crippen molar-refractivity contribution >= 4 is 12.0 Å². The van der Waals surface area contributed by atoms with Gasteiger partial charge < -0.3 is 10.2 Å². The Balaban J connectivity index is 1.61. The lowest BCUT2D eigenvalue weighted by atomic mass is 10.0. The van der Waals surface area contributed by atoms with Crippen LogP contribution in [0.5, 0.6) is 0 Å². The Hall–Kier alpha value is -1.68. The molecule has 2 heterocycles. The molecule has 1 amide bonds. The molecule has 100 valence electrons. The van der Waals surface area contributed by atoms with Gasteiger partial charge >= 0.3 is 0 Å². The van der Waals surface area contributed by atoms with Gasteiger partial charge in [0.2, 0.25) is 5.91 Å². The van der Waals surface area contributed by atoms with Crippen molar-refractivity contribution < 1.29 is 9.18 Å². The molecule has 3 nitrogen and oxygen atoms in total. The summed E-state index contributed by atoms with van der Waals surface area (Å²) in [6.07, 6.45) is 3.33. The number of hydrogen-bond acceptors (Lipinski definition) is 2. The standard InChI is InChI=1S/C15H17FN2O/c16-14-4-1-11(2-5-14)3-6-15(19)18-9-12-7-17-8-13(12)10-18/h1-6,12-13,17H,7-10H2. The molecule has 1 aromatic rings. The number of halogens is 1. The van der Waals surface area contributed by atoms with Crippen molar-refractivity contribution in [3.8, 4) is 0 Å². The van der Waals surface area contributed by atoms with Crippen LogP contribution in [0.4, 0.5) is 4.39 Å². The monoisotopic (exact) mass is 260 g/mol. The topological polar surface area (TPSA) is 32.3 Å². The van der Waals surface area contributed by atoms with Crippen molar-refractivity contribution in [1.82, 2.24) is 10.2 Å². The van der Waals surface area contributed by atoms with Crippen LogP contribution in [0, 0.1) is 17.7 Å². The number of likely N-dealkylation sites (tertiary alicyclic amines) is 1. The second-order valence-corrected chi connectivity index (χ2v) is 5.31. The molecule has 1 aromatic carbocycles. The molecule has 2 saturated heterocycles. The smallest absolute Gasteiger partial charge is 0.246 e. The van der Waals surface area contributed by atoms with E-state index in [1.54, 1.807) is 24.3 Å². The lowest BCUT2D eigenvalue weighted by Crippen LogP contribution is -2.30. The molecule has 1 N–H and O–H groups in total. The summed E-state index contributed by atoms with van der Waals surface area (Å²) in [5, 5.41) is 3.36. The average Bonchev–Trinajstić information content (AvgIpc) is 2.98. The Kier molecular flexibility index (Phi) is 3.34. The second kappa shape index (κ2) is 5.13. The van der Waals surface area contributed by atoms with E-state index in [2.05, 4.69) is 5.32 Å². The zero-order valence-corrected chi connectivity index (χ0v) is 10.7. The molecule has 0 saturated carbocycles. The van der Waals surface area contributed by atoms with E-state index in [0.717, 1.165) is 31.7 Å². The summed E-state index contributed by atoms with van der Waals surface area (Å²) < 4.78 is 12.8. The van der Waals surface area contributed by atoms with Gasteiger partial charge in [0.05, 0.1) is 0 Å². The van der Waals surface area contributed by atoms with Gasteiger partial charge in [0, 0.05) is 32.3 Å². The van der Waals surface area contributed by atoms with E-state index in [-0.39, 0.29) is 11.7 Å². The Labute approximate surface area is 112 Å². The highest BCUT2D eigenvalue weighted by Crippen LogP contribution is 2.26. The van der Waals surface area contributed by atoms with Gasteiger partial charge in [0.25, 0.3) is 0 Å². The van der Waals surface area contributed by atoms with Crippen molar-refractivity contribution in [2.45, 2.75) is 0 Å². The summed E-state index contributed by atoms with van der Waals surface area (Å²) in [4.78, 5) is 14.0. The first-order valence-corrected chi connectivity index (χ1v) is 6.65. The molecule has 2 aliphatic rings. The van der Waals surface area contributed by atoms with Crippen LogP contribution in [0.3, 0.4) is 0 Å². The van der Waals surface area contributed by atoms with E-state index in [1.807, 2.05) is 4.90 Å². The molecular formula is C15H17FN2O. The van der Waals surface area contributed by atoms with Crippen molar-refractivity contribution in [2.24, 2.45) is 11.8 Å². The molecular weight excluding hydrogens is 243 g/mol. The lowest BCUT2D eigenvalue weighted by molar-refractivity contribution is -0.125. The van der Waals surface area contributed by atoms with Crippen LogP contribution in [0.1, 0.15) is 5.56 Å². The number of carbonyl (C=O) groups is 1. The zero-order chi connectivity index (χ0) is 13.2. The predicted molar refractivity (Wildman–Crippen MR) is 71.9 cm³/mol. The fourth-order valence-electron chi connectivity index (χ4n) is 2.88. The van der Waals surface area contributed by atoms with E-state index >= 15 is 0 Å². The van der Waals surface area contributed by atoms with Gasteiger partial charge in [-0.2, -0.15) is 0 Å². The Morgan fingerprint density at radius 3 is 2.47 bits per heavy atom. The van der Waals surface area contributed by atoms with E-state index in [9.17, 15) is 9.18 Å². The lowest BCUT2D eigenvalue weighted by Gasteiger charge is -2.14. The molecule has 0 bridgehead atoms. The highest BCUT2D eigenvalue weighted by Gasteiger charge is 2.37. The van der Waals surface area contributed by atoms with Gasteiger partial charge in [-0.05, 0) is 35.6 Å². The molecule has 0 aliphatic carbocycles. The Morgan fingerprint density at radius 1 is 1.21 bits per heavy atom. The molecule has 4 heteroatoms. The molecule has 2 unspecified atom stereocenters. The average molecular weight is 260 g/mol. The number of nitrogens with one attached hydrogen (secondary N) is 1. The summed E-state index contributed by atoms with van der Waals surface area (Å²) >= 11 is 0. The summed E-state index contributed by atoms with van der Waals surface area (Å²) in [5.41, 5.74) is 0.843. The maximum atomic E-state index is 12.8. The number of benzene rings is 1. The number of carbonyl (C=O) groups excluding carboxylic acids is 1. The minimum atomic E-state index is -0.261. The molecule has 0 radical (unpaired) electrons. The minimum absolute atomic E-state index is 0.0544. The van der Waals surface area contributed by atoms with E-state index < -0.39 is 0 Å². The van der Waals surface area contributed by atoms with Crippen LogP contribution < -0.4 is 5.32 Å². The van der Waals surface area contributed by atoms with Crippen molar-refractivity contribution in [3.63, 3.8) is 0 Å². The molecule has 2 fully saturated rings. The fourth-order valence-corrected chi connectivity index (χ4v) is 2.88.